The van der Waals surface area contributed by atoms with Crippen LogP contribution >= 0.6 is 0 Å². The second-order valence-corrected chi connectivity index (χ2v) is 4.82. The molecule has 1 aromatic rings. The van der Waals surface area contributed by atoms with Crippen LogP contribution in [0.15, 0.2) is 24.3 Å². The van der Waals surface area contributed by atoms with E-state index in [2.05, 4.69) is 4.74 Å². The van der Waals surface area contributed by atoms with Crippen molar-refractivity contribution in [3.8, 4) is 0 Å². The van der Waals surface area contributed by atoms with Gasteiger partial charge in [-0.05, 0) is 24.1 Å². The van der Waals surface area contributed by atoms with E-state index in [1.54, 1.807) is 0 Å². The number of amides is 2. The van der Waals surface area contributed by atoms with Crippen LogP contribution in [0.5, 0.6) is 0 Å². The fourth-order valence-electron chi connectivity index (χ4n) is 2.20. The number of imide groups is 1. The molecule has 1 aliphatic rings. The van der Waals surface area contributed by atoms with Crippen molar-refractivity contribution in [1.82, 2.24) is 4.90 Å². The van der Waals surface area contributed by atoms with E-state index < -0.39 is 28.9 Å². The topological polar surface area (TPSA) is 116 Å². The minimum atomic E-state index is -0.975. The number of ether oxygens (including phenoxy) is 2. The van der Waals surface area contributed by atoms with E-state index >= 15 is 0 Å². The molecule has 9 nitrogen and oxygen atoms in total. The van der Waals surface area contributed by atoms with Crippen LogP contribution in [0.4, 0.5) is 10.5 Å². The molecule has 2 rings (SSSR count). The fraction of sp³-hybridized carbons (Fsp3) is 0.357. The first-order valence-electron chi connectivity index (χ1n) is 6.74. The van der Waals surface area contributed by atoms with E-state index in [-0.39, 0.29) is 25.1 Å². The van der Waals surface area contributed by atoms with Gasteiger partial charge in [-0.3, -0.25) is 14.9 Å². The van der Waals surface area contributed by atoms with Gasteiger partial charge in [0.25, 0.3) is 5.69 Å². The van der Waals surface area contributed by atoms with Crippen molar-refractivity contribution in [3.63, 3.8) is 0 Å². The van der Waals surface area contributed by atoms with Crippen LogP contribution in [-0.4, -0.2) is 40.9 Å². The maximum atomic E-state index is 12.0. The second kappa shape index (κ2) is 6.86. The number of carbonyl (C=O) groups is 3. The summed E-state index contributed by atoms with van der Waals surface area (Å²) in [6.45, 7) is -0.172. The van der Waals surface area contributed by atoms with Crippen LogP contribution < -0.4 is 0 Å². The normalized spacial score (nSPS) is 17.0. The molecule has 1 atom stereocenters. The zero-order valence-electron chi connectivity index (χ0n) is 12.3. The number of hydrogen-bond donors (Lipinski definition) is 0. The molecule has 9 heteroatoms. The molecule has 0 radical (unpaired) electrons. The summed E-state index contributed by atoms with van der Waals surface area (Å²) < 4.78 is 9.55. The molecule has 1 aromatic carbocycles. The van der Waals surface area contributed by atoms with Crippen molar-refractivity contribution in [2.75, 3.05) is 7.11 Å². The van der Waals surface area contributed by atoms with E-state index in [0.717, 1.165) is 4.90 Å². The Morgan fingerprint density at radius 2 is 2.00 bits per heavy atom. The molecule has 122 valence electrons. The third-order valence-corrected chi connectivity index (χ3v) is 3.39. The Kier molecular flexibility index (Phi) is 4.89. The molecular formula is C14H14N2O7. The van der Waals surface area contributed by atoms with Crippen molar-refractivity contribution in [2.45, 2.75) is 25.5 Å². The van der Waals surface area contributed by atoms with E-state index in [4.69, 9.17) is 4.74 Å². The minimum absolute atomic E-state index is 0.0619. The minimum Gasteiger partial charge on any atom is -0.467 e. The number of likely N-dealkylation sites (tertiary alicyclic amines) is 1. The van der Waals surface area contributed by atoms with Crippen molar-refractivity contribution < 1.29 is 28.8 Å². The highest BCUT2D eigenvalue weighted by molar-refractivity contribution is 5.99. The number of nitrogens with zero attached hydrogens (tertiary/aromatic N) is 2. The fourth-order valence-corrected chi connectivity index (χ4v) is 2.20. The van der Waals surface area contributed by atoms with Crippen LogP contribution in [0.1, 0.15) is 18.4 Å². The van der Waals surface area contributed by atoms with Gasteiger partial charge in [-0.1, -0.05) is 0 Å². The number of methoxy groups -OCH3 is 1. The van der Waals surface area contributed by atoms with Gasteiger partial charge in [-0.25, -0.2) is 14.5 Å². The van der Waals surface area contributed by atoms with Crippen molar-refractivity contribution in [1.29, 1.82) is 0 Å². The largest absolute Gasteiger partial charge is 0.467 e. The smallest absolute Gasteiger partial charge is 0.417 e. The zero-order valence-corrected chi connectivity index (χ0v) is 12.3. The summed E-state index contributed by atoms with van der Waals surface area (Å²) in [6, 6.07) is 4.46. The average Bonchev–Trinajstić information content (AvgIpc) is 2.94. The summed E-state index contributed by atoms with van der Waals surface area (Å²) in [5, 5.41) is 10.5. The summed E-state index contributed by atoms with van der Waals surface area (Å²) in [7, 11) is 1.17. The third kappa shape index (κ3) is 3.62. The highest BCUT2D eigenvalue weighted by atomic mass is 16.6. The molecule has 23 heavy (non-hydrogen) atoms. The predicted molar refractivity (Wildman–Crippen MR) is 75.2 cm³/mol. The monoisotopic (exact) mass is 322 g/mol. The lowest BCUT2D eigenvalue weighted by Crippen LogP contribution is -2.43. The molecule has 0 aromatic heterocycles. The number of nitro benzene ring substituents is 1. The molecule has 1 aliphatic heterocycles. The number of hydrogen-bond acceptors (Lipinski definition) is 7. The molecule has 0 aliphatic carbocycles. The molecule has 0 unspecified atom stereocenters. The molecule has 0 spiro atoms. The molecule has 1 fully saturated rings. The highest BCUT2D eigenvalue weighted by Crippen LogP contribution is 2.21. The molecule has 0 saturated carbocycles. The quantitative estimate of drug-likeness (QED) is 0.467. The van der Waals surface area contributed by atoms with Crippen LogP contribution in [0, 0.1) is 10.1 Å². The average molecular weight is 322 g/mol. The van der Waals surface area contributed by atoms with Gasteiger partial charge >= 0.3 is 12.1 Å². The number of nitro groups is 1. The first-order valence-corrected chi connectivity index (χ1v) is 6.74. The van der Waals surface area contributed by atoms with Crippen LogP contribution in [0.2, 0.25) is 0 Å². The molecule has 0 bridgehead atoms. The molecule has 1 saturated heterocycles. The van der Waals surface area contributed by atoms with Gasteiger partial charge in [0.1, 0.15) is 12.6 Å². The molecular weight excluding hydrogens is 308 g/mol. The summed E-state index contributed by atoms with van der Waals surface area (Å²) >= 11 is 0. The SMILES string of the molecule is COC(=O)[C@@H]1CCC(=O)N1C(=O)OCc1ccc([N+](=O)[O-])cc1. The van der Waals surface area contributed by atoms with Gasteiger partial charge < -0.3 is 9.47 Å². The van der Waals surface area contributed by atoms with Crippen LogP contribution in [-0.2, 0) is 25.7 Å². The van der Waals surface area contributed by atoms with Crippen LogP contribution in [0.3, 0.4) is 0 Å². The van der Waals surface area contributed by atoms with Gasteiger partial charge in [0, 0.05) is 18.6 Å². The summed E-state index contributed by atoms with van der Waals surface area (Å²) in [6.07, 6.45) is -0.689. The van der Waals surface area contributed by atoms with Gasteiger partial charge in [-0.15, -0.1) is 0 Å². The lowest BCUT2D eigenvalue weighted by atomic mass is 10.2. The van der Waals surface area contributed by atoms with Gasteiger partial charge in [-0.2, -0.15) is 0 Å². The predicted octanol–water partition coefficient (Wildman–Crippen LogP) is 1.40. The van der Waals surface area contributed by atoms with E-state index in [1.807, 2.05) is 0 Å². The lowest BCUT2D eigenvalue weighted by Gasteiger charge is -2.20. The Bertz CT molecular complexity index is 641. The Morgan fingerprint density at radius 1 is 1.35 bits per heavy atom. The summed E-state index contributed by atoms with van der Waals surface area (Å²) in [5.41, 5.74) is 0.436. The van der Waals surface area contributed by atoms with Crippen molar-refractivity contribution >= 4 is 23.7 Å². The second-order valence-electron chi connectivity index (χ2n) is 4.82. The standard InChI is InChI=1S/C14H14N2O7/c1-22-13(18)11-6-7-12(17)15(11)14(19)23-8-9-2-4-10(5-3-9)16(20)21/h2-5,11H,6-8H2,1H3/t11-/m0/s1. The highest BCUT2D eigenvalue weighted by Gasteiger charge is 2.42. The number of carbonyl (C=O) groups excluding carboxylic acids is 3. The van der Waals surface area contributed by atoms with Crippen LogP contribution in [0.25, 0.3) is 0 Å². The van der Waals surface area contributed by atoms with E-state index in [1.165, 1.54) is 31.4 Å². The zero-order chi connectivity index (χ0) is 17.0. The molecule has 1 heterocycles. The first-order chi connectivity index (χ1) is 10.9. The summed E-state index contributed by atoms with van der Waals surface area (Å²) in [4.78, 5) is 46.0. The number of rotatable bonds is 4. The Morgan fingerprint density at radius 3 is 2.57 bits per heavy atom. The van der Waals surface area contributed by atoms with Crippen molar-refractivity contribution in [2.24, 2.45) is 0 Å². The number of esters is 1. The van der Waals surface area contributed by atoms with Gasteiger partial charge in [0.05, 0.1) is 12.0 Å². The van der Waals surface area contributed by atoms with Crippen molar-refractivity contribution in [3.05, 3.63) is 39.9 Å². The van der Waals surface area contributed by atoms with Gasteiger partial charge in [0.15, 0.2) is 0 Å². The Hall–Kier alpha value is -2.97. The number of non-ortho nitro benzene ring substituents is 1. The maximum absolute atomic E-state index is 12.0. The van der Waals surface area contributed by atoms with Gasteiger partial charge in [0.2, 0.25) is 5.91 Å². The molecule has 2 amide bonds. The number of benzene rings is 1. The summed E-state index contributed by atoms with van der Waals surface area (Å²) in [5.74, 6) is -1.18. The Labute approximate surface area is 130 Å². The Balaban J connectivity index is 1.99. The first kappa shape index (κ1) is 16.4. The van der Waals surface area contributed by atoms with E-state index in [0.29, 0.717) is 5.56 Å². The third-order valence-electron chi connectivity index (χ3n) is 3.39. The lowest BCUT2D eigenvalue weighted by molar-refractivity contribution is -0.384. The molecule has 0 N–H and O–H groups in total. The maximum Gasteiger partial charge on any atom is 0.417 e. The van der Waals surface area contributed by atoms with E-state index in [9.17, 15) is 24.5 Å².